The summed E-state index contributed by atoms with van der Waals surface area (Å²) in [5, 5.41) is 2.20. The molecule has 1 heterocycles. The van der Waals surface area contributed by atoms with Gasteiger partial charge in [-0.1, -0.05) is 78.9 Å². The van der Waals surface area contributed by atoms with Crippen LogP contribution in [0.15, 0.2) is 140 Å². The average Bonchev–Trinajstić information content (AvgIpc) is 3.29. The number of nitrogens with zero attached hydrogens (tertiary/aromatic N) is 1. The Balaban J connectivity index is 0.000000397. The fourth-order valence-electron chi connectivity index (χ4n) is 8.27. The highest BCUT2D eigenvalue weighted by Crippen LogP contribution is 2.41. The lowest BCUT2D eigenvalue weighted by molar-refractivity contribution is -0.681. The normalized spacial score (nSPS) is 13.4. The number of carbonyl (C=O) groups is 1. The molecule has 0 aliphatic heterocycles. The number of benzene rings is 6. The van der Waals surface area contributed by atoms with Crippen LogP contribution >= 0.6 is 0 Å². The molecule has 7 aromatic rings. The summed E-state index contributed by atoms with van der Waals surface area (Å²) in [6.45, 7) is 0.203. The standard InChI is InChI=1S/C32H12BF24.C17H13FNO/c34-25(35,36)13-1-14(26(37,38)39)6-21(5-13)33(22-7-15(27(40,41)42)2-16(8-22)28(43,44)45,23-9-17(29(46,47)48)3-18(10-23)30(49,50)51)24-11-19(31(52,53)54)4-20(12-24)32(55,56)57;18-16-7-3-6-14(10-16)17(20)12-19-9-8-13-4-1-2-5-15(13)11-19/h1-12H;1-11H,12H2/q-1;+1. The van der Waals surface area contributed by atoms with E-state index in [1.165, 1.54) is 12.1 Å². The fraction of sp³-hybridized carbons (Fsp3) is 0.184. The monoisotopic (exact) mass is 1130 g/mol. The van der Waals surface area contributed by atoms with Crippen LogP contribution in [0.4, 0.5) is 110 Å². The number of pyridine rings is 1. The van der Waals surface area contributed by atoms with Crippen LogP contribution in [0.1, 0.15) is 54.9 Å². The van der Waals surface area contributed by atoms with Gasteiger partial charge in [-0.05, 0) is 47.9 Å². The average molecular weight is 1130 g/mol. The van der Waals surface area contributed by atoms with Crippen LogP contribution < -0.4 is 26.4 Å². The fourth-order valence-corrected chi connectivity index (χ4v) is 8.27. The van der Waals surface area contributed by atoms with Crippen molar-refractivity contribution in [1.29, 1.82) is 0 Å². The first-order valence-electron chi connectivity index (χ1n) is 21.0. The van der Waals surface area contributed by atoms with Crippen LogP contribution in [-0.2, 0) is 56.0 Å². The largest absolute Gasteiger partial charge is 0.416 e. The van der Waals surface area contributed by atoms with Gasteiger partial charge in [-0.2, -0.15) is 132 Å². The van der Waals surface area contributed by atoms with Gasteiger partial charge in [-0.25, -0.2) is 4.39 Å². The molecule has 0 aliphatic carbocycles. The van der Waals surface area contributed by atoms with Gasteiger partial charge in [0.05, 0.1) is 44.5 Å². The summed E-state index contributed by atoms with van der Waals surface area (Å²) in [5.74, 6) is -0.496. The van der Waals surface area contributed by atoms with Crippen molar-refractivity contribution in [2.24, 2.45) is 0 Å². The number of carbonyl (C=O) groups excluding carboxylic acids is 1. The molecule has 77 heavy (non-hydrogen) atoms. The van der Waals surface area contributed by atoms with Gasteiger partial charge in [0.1, 0.15) is 12.0 Å². The summed E-state index contributed by atoms with van der Waals surface area (Å²) in [5.41, 5.74) is -29.8. The minimum Gasteiger partial charge on any atom is -0.287 e. The number of hydrogen-bond acceptors (Lipinski definition) is 1. The van der Waals surface area contributed by atoms with E-state index >= 15 is 0 Å². The lowest BCUT2D eigenvalue weighted by Gasteiger charge is -2.46. The molecule has 0 atom stereocenters. The number of rotatable bonds is 7. The van der Waals surface area contributed by atoms with E-state index in [0.717, 1.165) is 10.8 Å². The molecule has 0 fully saturated rings. The van der Waals surface area contributed by atoms with Crippen molar-refractivity contribution in [2.75, 3.05) is 0 Å². The van der Waals surface area contributed by atoms with Gasteiger partial charge in [0.15, 0.2) is 12.4 Å². The molecule has 28 heteroatoms. The molecule has 410 valence electrons. The molecular formula is C49H25BF25NO. The molecule has 0 saturated heterocycles. The Morgan fingerprint density at radius 2 is 0.636 bits per heavy atom. The summed E-state index contributed by atoms with van der Waals surface area (Å²) in [4.78, 5) is 12.1. The zero-order chi connectivity index (χ0) is 57.9. The molecule has 2 nitrogen and oxygen atoms in total. The Hall–Kier alpha value is -7.29. The molecule has 0 saturated carbocycles. The summed E-state index contributed by atoms with van der Waals surface area (Å²) in [6.07, 6.45) is -51.0. The van der Waals surface area contributed by atoms with Gasteiger partial charge in [-0.3, -0.25) is 4.79 Å². The summed E-state index contributed by atoms with van der Waals surface area (Å²) in [7, 11) is 0. The first kappa shape index (κ1) is 59.0. The summed E-state index contributed by atoms with van der Waals surface area (Å²) in [6, 6.07) is 6.89. The van der Waals surface area contributed by atoms with Crippen LogP contribution in [0.3, 0.4) is 0 Å². The van der Waals surface area contributed by atoms with Crippen molar-refractivity contribution in [3.8, 4) is 0 Å². The van der Waals surface area contributed by atoms with Crippen LogP contribution in [0.5, 0.6) is 0 Å². The van der Waals surface area contributed by atoms with Gasteiger partial charge < -0.3 is 0 Å². The zero-order valence-electron chi connectivity index (χ0n) is 37.4. The Morgan fingerprint density at radius 3 is 0.909 bits per heavy atom. The lowest BCUT2D eigenvalue weighted by Crippen LogP contribution is -2.75. The molecule has 0 amide bonds. The molecule has 1 aromatic heterocycles. The van der Waals surface area contributed by atoms with Crippen LogP contribution in [0.2, 0.25) is 0 Å². The van der Waals surface area contributed by atoms with E-state index in [2.05, 4.69) is 0 Å². The second-order valence-electron chi connectivity index (χ2n) is 16.9. The molecule has 0 unspecified atom stereocenters. The maximum absolute atomic E-state index is 14.2. The molecule has 0 N–H and O–H groups in total. The number of ketones is 1. The molecular weight excluding hydrogens is 1100 g/mol. The highest BCUT2D eigenvalue weighted by Gasteiger charge is 2.47. The van der Waals surface area contributed by atoms with E-state index in [1.807, 2.05) is 47.3 Å². The number of halogens is 25. The van der Waals surface area contributed by atoms with Gasteiger partial charge >= 0.3 is 49.4 Å². The number of Topliss-reactive ketones (excluding diaryl/α,β-unsaturated/α-hetero) is 1. The van der Waals surface area contributed by atoms with Gasteiger partial charge in [0.25, 0.3) is 0 Å². The Morgan fingerprint density at radius 1 is 0.351 bits per heavy atom. The topological polar surface area (TPSA) is 20.9 Å². The summed E-state index contributed by atoms with van der Waals surface area (Å²) >= 11 is 0. The van der Waals surface area contributed by atoms with E-state index in [4.69, 9.17) is 0 Å². The summed E-state index contributed by atoms with van der Waals surface area (Å²) < 4.78 is 356. The SMILES string of the molecule is FC(F)(F)c1cc([B-](c2cc(C(F)(F)F)cc(C(F)(F)F)c2)(c2cc(C(F)(F)F)cc(C(F)(F)F)c2)c2cc(C(F)(F)F)cc(C(F)(F)F)c2)cc(C(F)(F)F)c1.O=C(C[n+]1ccc2ccccc2c1)c1cccc(F)c1. The highest BCUT2D eigenvalue weighted by atomic mass is 19.4. The third-order valence-corrected chi connectivity index (χ3v) is 11.7. The molecule has 7 rings (SSSR count). The maximum Gasteiger partial charge on any atom is 0.416 e. The van der Waals surface area contributed by atoms with Crippen molar-refractivity contribution in [3.05, 3.63) is 196 Å². The van der Waals surface area contributed by atoms with Crippen molar-refractivity contribution < 1.29 is 119 Å². The van der Waals surface area contributed by atoms with Crippen molar-refractivity contribution >= 4 is 44.6 Å². The van der Waals surface area contributed by atoms with E-state index in [0.29, 0.717) is 5.56 Å². The predicted octanol–water partition coefficient (Wildman–Crippen LogP) is 14.4. The van der Waals surface area contributed by atoms with Crippen LogP contribution in [-0.4, -0.2) is 11.9 Å². The third-order valence-electron chi connectivity index (χ3n) is 11.7. The smallest absolute Gasteiger partial charge is 0.287 e. The van der Waals surface area contributed by atoms with Crippen LogP contribution in [0.25, 0.3) is 10.8 Å². The van der Waals surface area contributed by atoms with E-state index in [-0.39, 0.29) is 18.1 Å². The van der Waals surface area contributed by atoms with Crippen molar-refractivity contribution in [1.82, 2.24) is 0 Å². The van der Waals surface area contributed by atoms with Crippen molar-refractivity contribution in [2.45, 2.75) is 56.0 Å². The molecule has 0 spiro atoms. The van der Waals surface area contributed by atoms with E-state index in [1.54, 1.807) is 12.1 Å². The lowest BCUT2D eigenvalue weighted by atomic mass is 9.12. The quantitative estimate of drug-likeness (QED) is 0.0674. The van der Waals surface area contributed by atoms with Gasteiger partial charge in [0.2, 0.25) is 12.3 Å². The molecule has 0 aliphatic rings. The third kappa shape index (κ3) is 13.5. The number of alkyl halides is 24. The number of hydrogen-bond donors (Lipinski definition) is 0. The molecule has 0 radical (unpaired) electrons. The minimum absolute atomic E-state index is 0.107. The minimum atomic E-state index is -6.13. The highest BCUT2D eigenvalue weighted by molar-refractivity contribution is 7.20. The number of aromatic nitrogens is 1. The molecule has 0 bridgehead atoms. The van der Waals surface area contributed by atoms with Crippen LogP contribution in [0, 0.1) is 5.82 Å². The van der Waals surface area contributed by atoms with Crippen molar-refractivity contribution in [3.63, 3.8) is 0 Å². The van der Waals surface area contributed by atoms with E-state index in [9.17, 15) is 115 Å². The Labute approximate surface area is 414 Å². The Kier molecular flexibility index (Phi) is 15.5. The Bertz CT molecular complexity index is 2880. The second-order valence-corrected chi connectivity index (χ2v) is 16.9. The van der Waals surface area contributed by atoms with E-state index < -0.39 is 195 Å². The second kappa shape index (κ2) is 20.3. The first-order valence-corrected chi connectivity index (χ1v) is 21.0. The predicted molar refractivity (Wildman–Crippen MR) is 225 cm³/mol. The zero-order valence-corrected chi connectivity index (χ0v) is 37.4. The first-order chi connectivity index (χ1) is 35.0. The maximum atomic E-state index is 14.2. The number of fused-ring (bicyclic) bond motifs is 1. The van der Waals surface area contributed by atoms with Gasteiger partial charge in [-0.15, -0.1) is 0 Å². The molecule has 6 aromatic carbocycles. The van der Waals surface area contributed by atoms with Gasteiger partial charge in [0, 0.05) is 17.0 Å².